The van der Waals surface area contributed by atoms with Gasteiger partial charge in [-0.15, -0.1) is 0 Å². The zero-order valence-corrected chi connectivity index (χ0v) is 21.0. The van der Waals surface area contributed by atoms with E-state index in [4.69, 9.17) is 9.52 Å². The Balaban J connectivity index is 1.97. The largest absolute Gasteiger partial charge is 0.492 e. The number of benzene rings is 2. The second kappa shape index (κ2) is 9.97. The van der Waals surface area contributed by atoms with Crippen LogP contribution in [0.2, 0.25) is 0 Å². The highest BCUT2D eigenvalue weighted by atomic mass is 32.2. The van der Waals surface area contributed by atoms with Crippen molar-refractivity contribution in [2.45, 2.75) is 63.7 Å². The first-order chi connectivity index (χ1) is 16.5. The topological polar surface area (TPSA) is 82.5 Å². The fourth-order valence-corrected chi connectivity index (χ4v) is 4.96. The third kappa shape index (κ3) is 6.52. The summed E-state index contributed by atoms with van der Waals surface area (Å²) >= 11 is 0. The van der Waals surface area contributed by atoms with E-state index >= 15 is 0 Å². The summed E-state index contributed by atoms with van der Waals surface area (Å²) in [6.45, 7) is 6.57. The number of carbonyl (C=O) groups is 1. The minimum Gasteiger partial charge on any atom is -0.444 e. The first-order valence-corrected chi connectivity index (χ1v) is 12.7. The highest BCUT2D eigenvalue weighted by Gasteiger charge is 2.47. The Labute approximate surface area is 206 Å². The summed E-state index contributed by atoms with van der Waals surface area (Å²) in [5.41, 5.74) is -4.80. The number of carbonyl (C=O) groups excluding carboxylic acids is 1. The molecule has 12 heteroatoms. The van der Waals surface area contributed by atoms with Crippen molar-refractivity contribution in [2.24, 2.45) is 0 Å². The lowest BCUT2D eigenvalue weighted by molar-refractivity contribution is -0.0421. The number of aryl methyl sites for hydroxylation is 1. The molecule has 2 aromatic carbocycles. The summed E-state index contributed by atoms with van der Waals surface area (Å²) in [4.78, 5) is 14.0. The summed E-state index contributed by atoms with van der Waals surface area (Å²) in [5.74, 6) is -1.18. The van der Waals surface area contributed by atoms with Gasteiger partial charge in [0.2, 0.25) is 9.92 Å². The minimum absolute atomic E-state index is 0.00175. The number of hydrogen-bond donors (Lipinski definition) is 2. The van der Waals surface area contributed by atoms with Crippen LogP contribution in [0.15, 0.2) is 36.4 Å². The molecule has 1 aliphatic heterocycles. The molecule has 36 heavy (non-hydrogen) atoms. The van der Waals surface area contributed by atoms with Gasteiger partial charge in [0.25, 0.3) is 0 Å². The van der Waals surface area contributed by atoms with E-state index in [1.54, 1.807) is 33.8 Å². The van der Waals surface area contributed by atoms with Crippen LogP contribution in [0.25, 0.3) is 11.1 Å². The molecule has 0 bridgehead atoms. The quantitative estimate of drug-likeness (QED) is 0.468. The first kappa shape index (κ1) is 27.9. The van der Waals surface area contributed by atoms with Crippen LogP contribution in [-0.2, 0) is 21.1 Å². The van der Waals surface area contributed by atoms with Gasteiger partial charge in [0.1, 0.15) is 17.2 Å². The molecule has 0 saturated carbocycles. The maximum Gasteiger partial charge on any atom is 0.492 e. The third-order valence-corrected chi connectivity index (χ3v) is 6.93. The van der Waals surface area contributed by atoms with Gasteiger partial charge in [0.05, 0.1) is 6.04 Å². The summed E-state index contributed by atoms with van der Waals surface area (Å²) in [5, 5.41) is 0. The van der Waals surface area contributed by atoms with E-state index in [1.165, 1.54) is 29.2 Å². The van der Waals surface area contributed by atoms with E-state index in [-0.39, 0.29) is 30.5 Å². The molecular weight excluding hydrogens is 505 g/mol. The number of halogens is 5. The van der Waals surface area contributed by atoms with Crippen LogP contribution in [-0.4, -0.2) is 44.9 Å². The molecule has 2 N–H and O–H groups in total. The summed E-state index contributed by atoms with van der Waals surface area (Å²) in [6.07, 6.45) is -0.831. The van der Waals surface area contributed by atoms with Gasteiger partial charge in [-0.2, -0.15) is 13.2 Å². The normalized spacial score (nSPS) is 20.3. The smallest absolute Gasteiger partial charge is 0.444 e. The Morgan fingerprint density at radius 1 is 1.17 bits per heavy atom. The van der Waals surface area contributed by atoms with E-state index in [1.807, 2.05) is 4.72 Å². The second-order valence-corrected chi connectivity index (χ2v) is 11.6. The van der Waals surface area contributed by atoms with Crippen LogP contribution >= 0.6 is 0 Å². The van der Waals surface area contributed by atoms with E-state index < -0.39 is 50.8 Å². The maximum absolute atomic E-state index is 14.6. The van der Waals surface area contributed by atoms with E-state index in [0.717, 1.165) is 6.07 Å². The standard InChI is InChI=1S/C24H28F5N3O3S/c1-14-9-16(13-17(25)10-14)18-11-15(5-6-19(18)26)12-21-20(31-36(30,34)24(27,28)29)7-8-32(21)22(33)35-23(2,3)4/h5-6,9-11,13,20-21H,7-8,12H2,1-4H3,(H2,30,31,34)/t20-,21-,36?/m0/s1. The molecular formula is C24H28F5N3O3S. The molecule has 198 valence electrons. The van der Waals surface area contributed by atoms with Crippen molar-refractivity contribution < 1.29 is 35.7 Å². The lowest BCUT2D eigenvalue weighted by Crippen LogP contribution is -2.51. The Hall–Kier alpha value is -2.73. The first-order valence-electron chi connectivity index (χ1n) is 11.1. The van der Waals surface area contributed by atoms with Gasteiger partial charge >= 0.3 is 11.6 Å². The monoisotopic (exact) mass is 533 g/mol. The predicted octanol–water partition coefficient (Wildman–Crippen LogP) is 5.93. The van der Waals surface area contributed by atoms with Crippen LogP contribution in [0.3, 0.4) is 0 Å². The third-order valence-electron chi connectivity index (χ3n) is 5.65. The summed E-state index contributed by atoms with van der Waals surface area (Å²) < 4.78 is 94.7. The van der Waals surface area contributed by atoms with Crippen molar-refractivity contribution in [1.82, 2.24) is 9.62 Å². The molecule has 1 aliphatic rings. The van der Waals surface area contributed by atoms with Gasteiger partial charge in [-0.25, -0.2) is 27.3 Å². The number of likely N-dealkylation sites (tertiary alicyclic amines) is 1. The van der Waals surface area contributed by atoms with E-state index in [9.17, 15) is 31.0 Å². The molecule has 0 radical (unpaired) electrons. The van der Waals surface area contributed by atoms with Gasteiger partial charge in [-0.1, -0.05) is 12.1 Å². The highest BCUT2D eigenvalue weighted by Crippen LogP contribution is 2.31. The molecule has 0 aromatic heterocycles. The van der Waals surface area contributed by atoms with E-state index in [0.29, 0.717) is 11.1 Å². The summed E-state index contributed by atoms with van der Waals surface area (Å²) in [6, 6.07) is 5.94. The van der Waals surface area contributed by atoms with Crippen molar-refractivity contribution >= 4 is 16.0 Å². The number of ether oxygens (including phenoxy) is 1. The fourth-order valence-electron chi connectivity index (χ4n) is 4.12. The van der Waals surface area contributed by atoms with Crippen LogP contribution in [0.1, 0.15) is 38.3 Å². The molecule has 3 rings (SSSR count). The van der Waals surface area contributed by atoms with Gasteiger partial charge in [0, 0.05) is 18.2 Å². The molecule has 0 aliphatic carbocycles. The van der Waals surface area contributed by atoms with Crippen LogP contribution in [0.4, 0.5) is 26.7 Å². The molecule has 1 heterocycles. The average molecular weight is 534 g/mol. The van der Waals surface area contributed by atoms with Crippen molar-refractivity contribution in [2.75, 3.05) is 6.54 Å². The minimum atomic E-state index is -5.31. The Morgan fingerprint density at radius 3 is 2.42 bits per heavy atom. The van der Waals surface area contributed by atoms with Crippen LogP contribution in [0, 0.1) is 23.3 Å². The zero-order valence-electron chi connectivity index (χ0n) is 20.2. The van der Waals surface area contributed by atoms with E-state index in [2.05, 4.69) is 0 Å². The number of hydrogen-bond acceptors (Lipinski definition) is 4. The Morgan fingerprint density at radius 2 is 1.83 bits per heavy atom. The molecule has 1 amide bonds. The van der Waals surface area contributed by atoms with Crippen LogP contribution < -0.4 is 4.72 Å². The Kier molecular flexibility index (Phi) is 7.71. The number of amides is 1. The lowest BCUT2D eigenvalue weighted by Gasteiger charge is -2.31. The molecule has 1 saturated heterocycles. The highest BCUT2D eigenvalue weighted by molar-refractivity contribution is 7.91. The average Bonchev–Trinajstić information content (AvgIpc) is 3.08. The predicted molar refractivity (Wildman–Crippen MR) is 125 cm³/mol. The van der Waals surface area contributed by atoms with Crippen molar-refractivity contribution in [3.63, 3.8) is 0 Å². The number of nitrogens with one attached hydrogen (secondary N) is 2. The molecule has 1 fully saturated rings. The molecule has 3 atom stereocenters. The van der Waals surface area contributed by atoms with Gasteiger partial charge in [-0.05, 0) is 81.5 Å². The van der Waals surface area contributed by atoms with Gasteiger partial charge in [-0.3, -0.25) is 0 Å². The molecule has 1 unspecified atom stereocenters. The van der Waals surface area contributed by atoms with Crippen molar-refractivity contribution in [1.29, 1.82) is 4.78 Å². The molecule has 6 nitrogen and oxygen atoms in total. The number of nitrogens with zero attached hydrogens (tertiary/aromatic N) is 1. The second-order valence-electron chi connectivity index (χ2n) is 9.79. The lowest BCUT2D eigenvalue weighted by atomic mass is 9.96. The van der Waals surface area contributed by atoms with Crippen molar-refractivity contribution in [3.05, 3.63) is 59.2 Å². The molecule has 2 aromatic rings. The number of rotatable bonds is 5. The molecule has 0 spiro atoms. The van der Waals surface area contributed by atoms with Gasteiger partial charge < -0.3 is 9.64 Å². The fraction of sp³-hybridized carbons (Fsp3) is 0.458. The number of alkyl halides is 3. The summed E-state index contributed by atoms with van der Waals surface area (Å²) in [7, 11) is -5.19. The van der Waals surface area contributed by atoms with Crippen molar-refractivity contribution in [3.8, 4) is 11.1 Å². The SMILES string of the molecule is Cc1cc(F)cc(-c2cc(C[C@H]3[C@@H](NS(=N)(=O)C(F)(F)F)CCN3C(=O)OC(C)(C)C)ccc2F)c1. The van der Waals surface area contributed by atoms with Gasteiger partial charge in [0.15, 0.2) is 0 Å². The zero-order chi connectivity index (χ0) is 27.1. The maximum atomic E-state index is 14.6. The van der Waals surface area contributed by atoms with Crippen LogP contribution in [0.5, 0.6) is 0 Å². The Bertz CT molecular complexity index is 1220.